The number of imide groups is 3. The van der Waals surface area contributed by atoms with Crippen molar-refractivity contribution < 1.29 is 70.6 Å². The van der Waals surface area contributed by atoms with Gasteiger partial charge in [0.2, 0.25) is 0 Å². The first kappa shape index (κ1) is 39.5. The summed E-state index contributed by atoms with van der Waals surface area (Å²) in [7, 11) is -4.69. The molecule has 1 atom stereocenters. The molecule has 0 radical (unpaired) electrons. The minimum Gasteiger partial charge on any atom is -0.330 e. The molecule has 3 aliphatic rings. The van der Waals surface area contributed by atoms with Gasteiger partial charge in [0.05, 0.1) is 22.7 Å². The minimum absolute atomic E-state index is 0.0893. The molecule has 0 saturated carbocycles. The summed E-state index contributed by atoms with van der Waals surface area (Å²) in [5.41, 5.74) is -2.43. The van der Waals surface area contributed by atoms with Crippen LogP contribution in [-0.4, -0.2) is 86.8 Å². The SMILES string of the molecule is CC(C)(C)C(=O)ON1C(=O)C=CC1=O.CC(C)(C)C(=O)ON1C(=O)CC(S(=O)(=O)O)C1=O.CC(C)(C)C(=O)ON1C(=O)CCC1=O. The molecule has 0 aromatic heterocycles. The fourth-order valence-electron chi connectivity index (χ4n) is 2.71. The lowest BCUT2D eigenvalue weighted by atomic mass is 9.98. The highest BCUT2D eigenvalue weighted by Gasteiger charge is 2.49. The van der Waals surface area contributed by atoms with Crippen LogP contribution < -0.4 is 0 Å². The van der Waals surface area contributed by atoms with Crippen molar-refractivity contribution in [1.82, 2.24) is 15.2 Å². The van der Waals surface area contributed by atoms with E-state index in [0.717, 1.165) is 12.2 Å². The van der Waals surface area contributed by atoms with Gasteiger partial charge in [-0.3, -0.25) is 33.3 Å². The van der Waals surface area contributed by atoms with Crippen molar-refractivity contribution in [1.29, 1.82) is 0 Å². The molecule has 3 heterocycles. The van der Waals surface area contributed by atoms with E-state index in [-0.39, 0.29) is 17.9 Å². The highest BCUT2D eigenvalue weighted by Crippen LogP contribution is 2.23. The molecular formula is C27H37N3O15S. The number of carbonyl (C=O) groups is 9. The number of carbonyl (C=O) groups excluding carboxylic acids is 9. The van der Waals surface area contributed by atoms with Gasteiger partial charge >= 0.3 is 17.9 Å². The number of nitrogens with zero attached hydrogens (tertiary/aromatic N) is 3. The van der Waals surface area contributed by atoms with Crippen molar-refractivity contribution in [2.24, 2.45) is 16.2 Å². The zero-order valence-corrected chi connectivity index (χ0v) is 27.6. The lowest BCUT2D eigenvalue weighted by Gasteiger charge is -2.20. The van der Waals surface area contributed by atoms with E-state index in [1.807, 2.05) is 0 Å². The maximum Gasteiger partial charge on any atom is 0.338 e. The van der Waals surface area contributed by atoms with Crippen LogP contribution in [0.3, 0.4) is 0 Å². The number of rotatable bonds is 4. The molecule has 2 saturated heterocycles. The summed E-state index contributed by atoms with van der Waals surface area (Å²) in [6, 6.07) is 0. The van der Waals surface area contributed by atoms with Crippen molar-refractivity contribution in [3.8, 4) is 0 Å². The number of hydrogen-bond acceptors (Lipinski definition) is 14. The van der Waals surface area contributed by atoms with E-state index < -0.39 is 91.4 Å². The standard InChI is InChI=1S/C9H13NO7S.C9H13NO4.C9H11NO4/c1-9(2,3)8(13)17-10-6(11)4-5(7(10)12)18(14,15)16;2*1-9(2,3)8(13)14-10-6(11)4-5-7(10)12/h5H,4H2,1-3H3,(H,14,15,16);4-5H2,1-3H3;4-5H,1-3H3. The van der Waals surface area contributed by atoms with Crippen molar-refractivity contribution >= 4 is 63.5 Å². The smallest absolute Gasteiger partial charge is 0.330 e. The second kappa shape index (κ2) is 14.3. The van der Waals surface area contributed by atoms with E-state index in [1.165, 1.54) is 20.8 Å². The van der Waals surface area contributed by atoms with Crippen molar-refractivity contribution in [2.75, 3.05) is 0 Å². The lowest BCUT2D eigenvalue weighted by Crippen LogP contribution is -2.39. The van der Waals surface area contributed by atoms with Gasteiger partial charge < -0.3 is 14.5 Å². The molecule has 3 aliphatic heterocycles. The van der Waals surface area contributed by atoms with Crippen LogP contribution in [0.15, 0.2) is 12.2 Å². The normalized spacial score (nSPS) is 18.7. The Morgan fingerprint density at radius 1 is 0.630 bits per heavy atom. The fourth-order valence-corrected chi connectivity index (χ4v) is 3.41. The zero-order chi connectivity index (χ0) is 36.2. The van der Waals surface area contributed by atoms with E-state index in [0.29, 0.717) is 10.1 Å². The van der Waals surface area contributed by atoms with Crippen LogP contribution in [0.4, 0.5) is 0 Å². The first-order chi connectivity index (χ1) is 20.6. The zero-order valence-electron chi connectivity index (χ0n) is 26.8. The Morgan fingerprint density at radius 3 is 1.26 bits per heavy atom. The third kappa shape index (κ3) is 10.8. The molecule has 2 fully saturated rings. The second-order valence-electron chi connectivity index (χ2n) is 13.0. The largest absolute Gasteiger partial charge is 0.338 e. The van der Waals surface area contributed by atoms with Crippen LogP contribution in [0.25, 0.3) is 0 Å². The van der Waals surface area contributed by atoms with Crippen molar-refractivity contribution in [2.45, 2.75) is 86.8 Å². The quantitative estimate of drug-likeness (QED) is 0.316. The molecule has 18 nitrogen and oxygen atoms in total. The van der Waals surface area contributed by atoms with Gasteiger partial charge in [0.15, 0.2) is 5.25 Å². The van der Waals surface area contributed by atoms with Gasteiger partial charge in [0.25, 0.3) is 45.6 Å². The predicted molar refractivity (Wildman–Crippen MR) is 151 cm³/mol. The summed E-state index contributed by atoms with van der Waals surface area (Å²) < 4.78 is 30.4. The summed E-state index contributed by atoms with van der Waals surface area (Å²) in [4.78, 5) is 115. The maximum absolute atomic E-state index is 11.5. The van der Waals surface area contributed by atoms with Crippen LogP contribution in [0.5, 0.6) is 0 Å². The summed E-state index contributed by atoms with van der Waals surface area (Å²) >= 11 is 0. The molecule has 0 aliphatic carbocycles. The lowest BCUT2D eigenvalue weighted by molar-refractivity contribution is -0.203. The molecule has 256 valence electrons. The highest BCUT2D eigenvalue weighted by atomic mass is 32.2. The van der Waals surface area contributed by atoms with E-state index in [4.69, 9.17) is 9.39 Å². The molecule has 6 amide bonds. The Labute approximate surface area is 264 Å². The fraction of sp³-hybridized carbons (Fsp3) is 0.593. The van der Waals surface area contributed by atoms with Crippen molar-refractivity contribution in [3.05, 3.63) is 12.2 Å². The summed E-state index contributed by atoms with van der Waals surface area (Å²) in [5, 5.41) is -0.800. The average Bonchev–Trinajstić information content (AvgIpc) is 3.48. The van der Waals surface area contributed by atoms with Crippen LogP contribution in [0.2, 0.25) is 0 Å². The minimum atomic E-state index is -4.69. The van der Waals surface area contributed by atoms with Gasteiger partial charge in [0, 0.05) is 25.0 Å². The topological polar surface area (TPSA) is 245 Å². The van der Waals surface area contributed by atoms with E-state index in [1.54, 1.807) is 41.5 Å². The molecular weight excluding hydrogens is 638 g/mol. The van der Waals surface area contributed by atoms with E-state index >= 15 is 0 Å². The Hall–Kier alpha value is -4.52. The Balaban J connectivity index is 0.000000349. The molecule has 0 spiro atoms. The summed E-state index contributed by atoms with van der Waals surface area (Å²) in [6.07, 6.45) is 1.61. The van der Waals surface area contributed by atoms with Gasteiger partial charge in [-0.15, -0.1) is 10.1 Å². The first-order valence-corrected chi connectivity index (χ1v) is 15.0. The third-order valence-corrected chi connectivity index (χ3v) is 6.64. The monoisotopic (exact) mass is 675 g/mol. The Bertz CT molecular complexity index is 1400. The van der Waals surface area contributed by atoms with Gasteiger partial charge in [-0.1, -0.05) is 5.06 Å². The van der Waals surface area contributed by atoms with Gasteiger partial charge in [-0.05, 0) is 62.3 Å². The van der Waals surface area contributed by atoms with E-state index in [9.17, 15) is 51.6 Å². The molecule has 46 heavy (non-hydrogen) atoms. The van der Waals surface area contributed by atoms with Crippen LogP contribution in [0, 0.1) is 16.2 Å². The molecule has 1 N–H and O–H groups in total. The molecule has 3 rings (SSSR count). The maximum atomic E-state index is 11.5. The molecule has 19 heteroatoms. The van der Waals surface area contributed by atoms with Gasteiger partial charge in [-0.2, -0.15) is 8.42 Å². The average molecular weight is 676 g/mol. The highest BCUT2D eigenvalue weighted by molar-refractivity contribution is 7.87. The van der Waals surface area contributed by atoms with Crippen LogP contribution >= 0.6 is 0 Å². The Kier molecular flexibility index (Phi) is 12.3. The summed E-state index contributed by atoms with van der Waals surface area (Å²) in [5.74, 6) is -6.48. The molecule has 0 aromatic carbocycles. The molecule has 1 unspecified atom stereocenters. The molecule has 0 aromatic rings. The van der Waals surface area contributed by atoms with E-state index in [2.05, 4.69) is 9.68 Å². The second-order valence-corrected chi connectivity index (χ2v) is 14.6. The molecule has 0 bridgehead atoms. The Morgan fingerprint density at radius 2 is 0.957 bits per heavy atom. The summed E-state index contributed by atoms with van der Waals surface area (Å²) in [6.45, 7) is 14.4. The predicted octanol–water partition coefficient (Wildman–Crippen LogP) is 0.561. The first-order valence-electron chi connectivity index (χ1n) is 13.5. The van der Waals surface area contributed by atoms with Gasteiger partial charge in [0.1, 0.15) is 0 Å². The number of amides is 6. The third-order valence-electron chi connectivity index (χ3n) is 5.56. The van der Waals surface area contributed by atoms with Crippen LogP contribution in [0.1, 0.15) is 81.6 Å². The van der Waals surface area contributed by atoms with Crippen LogP contribution in [-0.2, 0) is 67.8 Å². The van der Waals surface area contributed by atoms with Crippen molar-refractivity contribution in [3.63, 3.8) is 0 Å². The number of hydroxylamine groups is 6. The number of hydrogen-bond donors (Lipinski definition) is 1. The van der Waals surface area contributed by atoms with Gasteiger partial charge in [-0.25, -0.2) is 14.4 Å².